The number of aliphatic carboxylic acids is 1. The highest BCUT2D eigenvalue weighted by Crippen LogP contribution is 2.25. The minimum atomic E-state index is -1.08. The van der Waals surface area contributed by atoms with Crippen LogP contribution in [0, 0.1) is 0 Å². The van der Waals surface area contributed by atoms with E-state index in [2.05, 4.69) is 40.0 Å². The largest absolute Gasteiger partial charge is 0.508 e. The SMILES string of the molecule is CC(=O)N[C@@H](Cc1ccc(O)cc1)C(=O)O.NC(=O)c1cccc2cn(-c3ccc([C@@H]4CCCNC4)cc3)nc12. The Morgan fingerprint density at radius 1 is 1.10 bits per heavy atom. The number of fused-ring (bicyclic) bond motifs is 1. The first kappa shape index (κ1) is 28.3. The monoisotopic (exact) mass is 543 g/mol. The number of hydrogen-bond donors (Lipinski definition) is 5. The third-order valence-corrected chi connectivity index (χ3v) is 6.78. The van der Waals surface area contributed by atoms with E-state index < -0.39 is 17.9 Å². The maximum absolute atomic E-state index is 11.5. The highest BCUT2D eigenvalue weighted by atomic mass is 16.4. The van der Waals surface area contributed by atoms with Crippen molar-refractivity contribution in [3.63, 3.8) is 0 Å². The second kappa shape index (κ2) is 12.9. The summed E-state index contributed by atoms with van der Waals surface area (Å²) < 4.78 is 1.81. The highest BCUT2D eigenvalue weighted by molar-refractivity contribution is 6.04. The molecule has 208 valence electrons. The van der Waals surface area contributed by atoms with Gasteiger partial charge in [0.1, 0.15) is 17.3 Å². The Balaban J connectivity index is 0.000000202. The van der Waals surface area contributed by atoms with Crippen LogP contribution in [0.1, 0.15) is 47.2 Å². The zero-order valence-electron chi connectivity index (χ0n) is 22.2. The first-order valence-corrected chi connectivity index (χ1v) is 13.1. The summed E-state index contributed by atoms with van der Waals surface area (Å²) in [5, 5.41) is 29.2. The van der Waals surface area contributed by atoms with Crippen LogP contribution in [-0.2, 0) is 16.0 Å². The number of phenols is 1. The summed E-state index contributed by atoms with van der Waals surface area (Å²) in [6, 6.07) is 19.2. The van der Waals surface area contributed by atoms with E-state index >= 15 is 0 Å². The lowest BCUT2D eigenvalue weighted by Crippen LogP contribution is -2.41. The Hall–Kier alpha value is -4.70. The van der Waals surface area contributed by atoms with Gasteiger partial charge in [-0.05, 0) is 66.8 Å². The number of hydrogen-bond acceptors (Lipinski definition) is 6. The molecule has 0 unspecified atom stereocenters. The van der Waals surface area contributed by atoms with Gasteiger partial charge in [-0.15, -0.1) is 0 Å². The number of carboxylic acid groups (broad SMARTS) is 1. The molecule has 10 heteroatoms. The van der Waals surface area contributed by atoms with Crippen LogP contribution < -0.4 is 16.4 Å². The van der Waals surface area contributed by atoms with Crippen molar-refractivity contribution < 1.29 is 24.6 Å². The van der Waals surface area contributed by atoms with E-state index in [0.29, 0.717) is 17.0 Å². The molecule has 0 radical (unpaired) electrons. The molecule has 10 nitrogen and oxygen atoms in total. The van der Waals surface area contributed by atoms with Crippen LogP contribution in [0.25, 0.3) is 16.6 Å². The van der Waals surface area contributed by atoms with Crippen molar-refractivity contribution in [1.29, 1.82) is 0 Å². The Labute approximate surface area is 231 Å². The number of carbonyl (C=O) groups is 3. The van der Waals surface area contributed by atoms with E-state index in [1.54, 1.807) is 22.9 Å². The van der Waals surface area contributed by atoms with Crippen LogP contribution in [-0.4, -0.2) is 56.9 Å². The molecule has 1 saturated heterocycles. The number of nitrogens with zero attached hydrogens (tertiary/aromatic N) is 2. The van der Waals surface area contributed by atoms with Crippen LogP contribution in [0.15, 0.2) is 72.9 Å². The Morgan fingerprint density at radius 3 is 2.42 bits per heavy atom. The van der Waals surface area contributed by atoms with Gasteiger partial charge in [0.05, 0.1) is 11.3 Å². The predicted molar refractivity (Wildman–Crippen MR) is 151 cm³/mol. The zero-order valence-corrected chi connectivity index (χ0v) is 22.2. The zero-order chi connectivity index (χ0) is 28.6. The quantitative estimate of drug-likeness (QED) is 0.239. The third kappa shape index (κ3) is 7.23. The van der Waals surface area contributed by atoms with E-state index in [-0.39, 0.29) is 18.1 Å². The minimum absolute atomic E-state index is 0.121. The number of amides is 2. The van der Waals surface area contributed by atoms with Crippen LogP contribution >= 0.6 is 0 Å². The van der Waals surface area contributed by atoms with Crippen molar-refractivity contribution in [2.75, 3.05) is 13.1 Å². The van der Waals surface area contributed by atoms with E-state index in [1.807, 2.05) is 18.3 Å². The highest BCUT2D eigenvalue weighted by Gasteiger charge is 2.19. The molecule has 2 heterocycles. The number of primary amides is 1. The lowest BCUT2D eigenvalue weighted by molar-refractivity contribution is -0.141. The maximum Gasteiger partial charge on any atom is 0.326 e. The molecule has 0 aliphatic carbocycles. The van der Waals surface area contributed by atoms with Crippen LogP contribution in [0.5, 0.6) is 5.75 Å². The molecule has 1 aromatic heterocycles. The molecule has 6 N–H and O–H groups in total. The topological polar surface area (TPSA) is 160 Å². The summed E-state index contributed by atoms with van der Waals surface area (Å²) in [7, 11) is 0. The lowest BCUT2D eigenvalue weighted by Gasteiger charge is -2.23. The number of benzene rings is 3. The average molecular weight is 544 g/mol. The Kier molecular flexibility index (Phi) is 9.13. The summed E-state index contributed by atoms with van der Waals surface area (Å²) in [4.78, 5) is 33.2. The molecule has 4 aromatic rings. The first-order valence-electron chi connectivity index (χ1n) is 13.1. The smallest absolute Gasteiger partial charge is 0.326 e. The van der Waals surface area contributed by atoms with Crippen LogP contribution in [0.4, 0.5) is 0 Å². The van der Waals surface area contributed by atoms with Crippen LogP contribution in [0.2, 0.25) is 0 Å². The van der Waals surface area contributed by atoms with Gasteiger partial charge in [0.2, 0.25) is 5.91 Å². The second-order valence-electron chi connectivity index (χ2n) is 9.78. The molecule has 1 fully saturated rings. The number of carbonyl (C=O) groups excluding carboxylic acids is 2. The Bertz CT molecular complexity index is 1470. The van der Waals surface area contributed by atoms with Crippen molar-refractivity contribution in [2.24, 2.45) is 5.73 Å². The van der Waals surface area contributed by atoms with E-state index in [1.165, 1.54) is 37.5 Å². The number of aromatic hydroxyl groups is 1. The van der Waals surface area contributed by atoms with Gasteiger partial charge >= 0.3 is 5.97 Å². The van der Waals surface area contributed by atoms with Gasteiger partial charge in [0.25, 0.3) is 5.91 Å². The minimum Gasteiger partial charge on any atom is -0.508 e. The summed E-state index contributed by atoms with van der Waals surface area (Å²) in [5.41, 5.74) is 9.61. The van der Waals surface area contributed by atoms with Crippen molar-refractivity contribution in [2.45, 2.75) is 38.1 Å². The number of piperidine rings is 1. The fourth-order valence-corrected chi connectivity index (χ4v) is 4.73. The van der Waals surface area contributed by atoms with Gasteiger partial charge in [0.15, 0.2) is 0 Å². The number of phenolic OH excluding ortho intramolecular Hbond substituents is 1. The summed E-state index contributed by atoms with van der Waals surface area (Å²) in [5.74, 6) is -1.21. The van der Waals surface area contributed by atoms with Crippen LogP contribution in [0.3, 0.4) is 0 Å². The second-order valence-corrected chi connectivity index (χ2v) is 9.78. The molecule has 0 bridgehead atoms. The molecule has 2 atom stereocenters. The van der Waals surface area contributed by atoms with Crippen molar-refractivity contribution in [3.8, 4) is 11.4 Å². The Morgan fingerprint density at radius 2 is 1.82 bits per heavy atom. The number of nitrogens with two attached hydrogens (primary N) is 1. The molecular formula is C30H33N5O5. The molecule has 2 amide bonds. The average Bonchev–Trinajstić information content (AvgIpc) is 3.39. The van der Waals surface area contributed by atoms with Gasteiger partial charge < -0.3 is 26.6 Å². The van der Waals surface area contributed by atoms with Gasteiger partial charge in [0, 0.05) is 31.5 Å². The number of rotatable bonds is 7. The van der Waals surface area contributed by atoms with Gasteiger partial charge in [-0.3, -0.25) is 9.59 Å². The first-order chi connectivity index (χ1) is 19.2. The molecule has 1 aliphatic rings. The maximum atomic E-state index is 11.5. The standard InChI is InChI=1S/C19H20N4O.C11H13NO4/c20-19(24)17-5-1-3-15-12-23(22-18(15)17)16-8-6-13(7-9-16)14-4-2-10-21-11-14;1-7(13)12-10(11(15)16)6-8-2-4-9(14)5-3-8/h1,3,5-9,12,14,21H,2,4,10-11H2,(H2,20,24);2-5,10,14H,6H2,1H3,(H,12,13)(H,15,16)/t14-;10-/m10/s1. The fourth-order valence-electron chi connectivity index (χ4n) is 4.73. The number of carboxylic acids is 1. The molecule has 1 aliphatic heterocycles. The fraction of sp³-hybridized carbons (Fsp3) is 0.267. The normalized spacial score (nSPS) is 15.5. The number of aromatic nitrogens is 2. The van der Waals surface area contributed by atoms with Crippen molar-refractivity contribution >= 4 is 28.7 Å². The summed E-state index contributed by atoms with van der Waals surface area (Å²) in [6.07, 6.45) is 4.58. The molecule has 40 heavy (non-hydrogen) atoms. The lowest BCUT2D eigenvalue weighted by atomic mass is 9.92. The van der Waals surface area contributed by atoms with E-state index in [4.69, 9.17) is 15.9 Å². The predicted octanol–water partition coefficient (Wildman–Crippen LogP) is 3.12. The summed E-state index contributed by atoms with van der Waals surface area (Å²) >= 11 is 0. The molecular weight excluding hydrogens is 510 g/mol. The molecule has 3 aromatic carbocycles. The van der Waals surface area contributed by atoms with Gasteiger partial charge in [-0.25, -0.2) is 9.48 Å². The van der Waals surface area contributed by atoms with Gasteiger partial charge in [-0.2, -0.15) is 5.10 Å². The molecule has 5 rings (SSSR count). The van der Waals surface area contributed by atoms with E-state index in [9.17, 15) is 14.4 Å². The molecule has 0 saturated carbocycles. The third-order valence-electron chi connectivity index (χ3n) is 6.78. The van der Waals surface area contributed by atoms with E-state index in [0.717, 1.165) is 29.7 Å². The number of nitrogens with one attached hydrogen (secondary N) is 2. The summed E-state index contributed by atoms with van der Waals surface area (Å²) in [6.45, 7) is 3.44. The van der Waals surface area contributed by atoms with Crippen molar-refractivity contribution in [3.05, 3.63) is 89.6 Å². The van der Waals surface area contributed by atoms with Crippen molar-refractivity contribution in [1.82, 2.24) is 20.4 Å². The van der Waals surface area contributed by atoms with Gasteiger partial charge in [-0.1, -0.05) is 36.4 Å². The molecule has 0 spiro atoms.